The Bertz CT molecular complexity index is 416. The predicted molar refractivity (Wildman–Crippen MR) is 57.5 cm³/mol. The molecule has 0 amide bonds. The normalized spacial score (nSPS) is 9.86. The zero-order valence-corrected chi connectivity index (χ0v) is 9.31. The first kappa shape index (κ1) is 10.9. The van der Waals surface area contributed by atoms with Gasteiger partial charge in [0.2, 0.25) is 0 Å². The van der Waals surface area contributed by atoms with Crippen LogP contribution in [0.1, 0.15) is 17.3 Å². The lowest BCUT2D eigenvalue weighted by Crippen LogP contribution is -2.00. The lowest BCUT2D eigenvalue weighted by atomic mass is 10.1. The van der Waals surface area contributed by atoms with E-state index in [-0.39, 0.29) is 14.9 Å². The van der Waals surface area contributed by atoms with E-state index >= 15 is 0 Å². The van der Waals surface area contributed by atoms with Gasteiger partial charge in [-0.1, -0.05) is 0 Å². The third-order valence-corrected chi connectivity index (χ3v) is 2.75. The van der Waals surface area contributed by atoms with Gasteiger partial charge in [-0.2, -0.15) is 0 Å². The van der Waals surface area contributed by atoms with E-state index in [4.69, 9.17) is 0 Å². The molecule has 0 aliphatic carbocycles. The Morgan fingerprint density at radius 2 is 2.14 bits per heavy atom. The molecule has 0 spiro atoms. The number of halogens is 1. The van der Waals surface area contributed by atoms with E-state index < -0.39 is 16.4 Å². The Hall–Kier alpha value is -1.18. The zero-order chi connectivity index (χ0) is 10.9. The van der Waals surface area contributed by atoms with Gasteiger partial charge in [0.05, 0.1) is 4.92 Å². The van der Waals surface area contributed by atoms with Gasteiger partial charge in [-0.05, 0) is 41.6 Å². The molecular weight excluding hydrogens is 301 g/mol. The lowest BCUT2D eigenvalue weighted by Gasteiger charge is -2.02. The third-order valence-electron chi connectivity index (χ3n) is 1.66. The monoisotopic (exact) mass is 307 g/mol. The Labute approximate surface area is 93.0 Å². The highest BCUT2D eigenvalue weighted by Crippen LogP contribution is 2.33. The summed E-state index contributed by atoms with van der Waals surface area (Å²) in [7, 11) is 0. The van der Waals surface area contributed by atoms with Crippen molar-refractivity contribution in [2.75, 3.05) is 0 Å². The molecule has 14 heavy (non-hydrogen) atoms. The Balaban J connectivity index is 3.49. The number of hydrogen-bond donors (Lipinski definition) is 1. The number of carbonyl (C=O) groups excluding carboxylic acids is 1. The molecular formula is C8H6INO4. The van der Waals surface area contributed by atoms with E-state index in [1.807, 2.05) is 0 Å². The molecule has 74 valence electrons. The van der Waals surface area contributed by atoms with E-state index in [1.54, 1.807) is 22.6 Å². The molecule has 0 heterocycles. The van der Waals surface area contributed by atoms with Crippen LogP contribution in [0.5, 0.6) is 5.75 Å². The van der Waals surface area contributed by atoms with Gasteiger partial charge in [0, 0.05) is 5.56 Å². The van der Waals surface area contributed by atoms with E-state index in [9.17, 15) is 20.0 Å². The number of carbonyl (C=O) groups is 1. The first-order chi connectivity index (χ1) is 6.45. The molecule has 0 fully saturated rings. The summed E-state index contributed by atoms with van der Waals surface area (Å²) in [6.45, 7) is 1.32. The molecule has 0 aliphatic rings. The van der Waals surface area contributed by atoms with Crippen molar-refractivity contribution in [3.05, 3.63) is 31.4 Å². The average molecular weight is 307 g/mol. The van der Waals surface area contributed by atoms with Crippen LogP contribution in [-0.4, -0.2) is 15.8 Å². The Kier molecular flexibility index (Phi) is 3.04. The van der Waals surface area contributed by atoms with Crippen molar-refractivity contribution in [2.24, 2.45) is 0 Å². The van der Waals surface area contributed by atoms with E-state index in [2.05, 4.69) is 0 Å². The van der Waals surface area contributed by atoms with Crippen LogP contribution >= 0.6 is 22.6 Å². The average Bonchev–Trinajstić information content (AvgIpc) is 2.02. The van der Waals surface area contributed by atoms with Crippen molar-refractivity contribution in [2.45, 2.75) is 6.92 Å². The standard InChI is InChI=1S/C8H6INO4/c1-4(11)5-2-3-6(12)8(7(5)9)10(13)14/h2-3,12H,1H3. The van der Waals surface area contributed by atoms with Crippen LogP contribution in [0.2, 0.25) is 0 Å². The molecule has 1 aromatic carbocycles. The summed E-state index contributed by atoms with van der Waals surface area (Å²) in [5.41, 5.74) is -0.173. The maximum atomic E-state index is 11.0. The fourth-order valence-corrected chi connectivity index (χ4v) is 2.03. The SMILES string of the molecule is CC(=O)c1ccc(O)c([N+](=O)[O-])c1I. The molecule has 0 aromatic heterocycles. The molecule has 0 bridgehead atoms. The number of hydrogen-bond acceptors (Lipinski definition) is 4. The number of phenols is 1. The van der Waals surface area contributed by atoms with Gasteiger partial charge in [0.1, 0.15) is 3.57 Å². The molecule has 0 radical (unpaired) electrons. The number of phenolic OH excluding ortho intramolecular Hbond substituents is 1. The van der Waals surface area contributed by atoms with Gasteiger partial charge in [-0.25, -0.2) is 0 Å². The molecule has 5 nitrogen and oxygen atoms in total. The summed E-state index contributed by atoms with van der Waals surface area (Å²) in [6, 6.07) is 2.52. The number of nitro groups is 1. The van der Waals surface area contributed by atoms with Crippen LogP contribution < -0.4 is 0 Å². The fourth-order valence-electron chi connectivity index (χ4n) is 1.000. The summed E-state index contributed by atoms with van der Waals surface area (Å²) in [5.74, 6) is -0.693. The lowest BCUT2D eigenvalue weighted by molar-refractivity contribution is -0.386. The van der Waals surface area contributed by atoms with Gasteiger partial charge in [-0.15, -0.1) is 0 Å². The molecule has 1 aromatic rings. The van der Waals surface area contributed by atoms with Gasteiger partial charge < -0.3 is 5.11 Å². The maximum absolute atomic E-state index is 11.0. The molecule has 1 rings (SSSR count). The van der Waals surface area contributed by atoms with Crippen LogP contribution in [0.25, 0.3) is 0 Å². The second-order valence-electron chi connectivity index (χ2n) is 2.61. The number of Topliss-reactive ketones (excluding diaryl/α,β-unsaturated/α-hetero) is 1. The summed E-state index contributed by atoms with van der Waals surface area (Å²) < 4.78 is 0.167. The summed E-state index contributed by atoms with van der Waals surface area (Å²) in [6.07, 6.45) is 0. The van der Waals surface area contributed by atoms with Gasteiger partial charge in [0.15, 0.2) is 11.5 Å². The van der Waals surface area contributed by atoms with Crippen molar-refractivity contribution in [1.29, 1.82) is 0 Å². The summed E-state index contributed by atoms with van der Waals surface area (Å²) in [5, 5.41) is 19.8. The highest BCUT2D eigenvalue weighted by atomic mass is 127. The van der Waals surface area contributed by atoms with E-state index in [0.29, 0.717) is 0 Å². The second-order valence-corrected chi connectivity index (χ2v) is 3.69. The minimum atomic E-state index is -0.705. The quantitative estimate of drug-likeness (QED) is 0.393. The van der Waals surface area contributed by atoms with Crippen molar-refractivity contribution in [3.8, 4) is 5.75 Å². The molecule has 0 aliphatic heterocycles. The van der Waals surface area contributed by atoms with Crippen molar-refractivity contribution in [3.63, 3.8) is 0 Å². The van der Waals surface area contributed by atoms with Gasteiger partial charge in [0.25, 0.3) is 0 Å². The zero-order valence-electron chi connectivity index (χ0n) is 7.15. The van der Waals surface area contributed by atoms with E-state index in [1.165, 1.54) is 13.0 Å². The number of nitro benzene ring substituents is 1. The van der Waals surface area contributed by atoms with Crippen molar-refractivity contribution >= 4 is 34.1 Å². The first-order valence-electron chi connectivity index (χ1n) is 3.62. The topological polar surface area (TPSA) is 80.4 Å². The minimum absolute atomic E-state index is 0.167. The molecule has 0 unspecified atom stereocenters. The van der Waals surface area contributed by atoms with E-state index in [0.717, 1.165) is 6.07 Å². The number of aromatic hydroxyl groups is 1. The third kappa shape index (κ3) is 1.84. The second kappa shape index (κ2) is 3.91. The fraction of sp³-hybridized carbons (Fsp3) is 0.125. The maximum Gasteiger partial charge on any atom is 0.324 e. The van der Waals surface area contributed by atoms with Crippen LogP contribution in [-0.2, 0) is 0 Å². The molecule has 0 saturated heterocycles. The summed E-state index contributed by atoms with van der Waals surface area (Å²) >= 11 is 1.67. The van der Waals surface area contributed by atoms with Crippen LogP contribution in [0, 0.1) is 13.7 Å². The van der Waals surface area contributed by atoms with Crippen LogP contribution in [0.3, 0.4) is 0 Å². The van der Waals surface area contributed by atoms with Crippen LogP contribution in [0.15, 0.2) is 12.1 Å². The van der Waals surface area contributed by atoms with Gasteiger partial charge in [-0.3, -0.25) is 14.9 Å². The number of ketones is 1. The molecule has 1 N–H and O–H groups in total. The minimum Gasteiger partial charge on any atom is -0.502 e. The largest absolute Gasteiger partial charge is 0.502 e. The number of nitrogens with zero attached hydrogens (tertiary/aromatic N) is 1. The predicted octanol–water partition coefficient (Wildman–Crippen LogP) is 2.11. The first-order valence-corrected chi connectivity index (χ1v) is 4.69. The number of rotatable bonds is 2. The molecule has 6 heteroatoms. The highest BCUT2D eigenvalue weighted by molar-refractivity contribution is 14.1. The van der Waals surface area contributed by atoms with Gasteiger partial charge >= 0.3 is 5.69 Å². The summed E-state index contributed by atoms with van der Waals surface area (Å²) in [4.78, 5) is 20.9. The Morgan fingerprint density at radius 3 is 2.57 bits per heavy atom. The van der Waals surface area contributed by atoms with Crippen molar-refractivity contribution in [1.82, 2.24) is 0 Å². The van der Waals surface area contributed by atoms with Crippen LogP contribution in [0.4, 0.5) is 5.69 Å². The highest BCUT2D eigenvalue weighted by Gasteiger charge is 2.22. The van der Waals surface area contributed by atoms with Crippen molar-refractivity contribution < 1.29 is 14.8 Å². The number of benzene rings is 1. The molecule has 0 saturated carbocycles. The Morgan fingerprint density at radius 1 is 1.57 bits per heavy atom. The molecule has 0 atom stereocenters. The smallest absolute Gasteiger partial charge is 0.324 e.